The van der Waals surface area contributed by atoms with Gasteiger partial charge in [-0.1, -0.05) is 224 Å². The Bertz CT molecular complexity index is 930. The van der Waals surface area contributed by atoms with Crippen molar-refractivity contribution in [3.05, 3.63) is 36.5 Å². The molecule has 6 nitrogen and oxygen atoms in total. The van der Waals surface area contributed by atoms with Crippen LogP contribution >= 0.6 is 0 Å². The maximum absolute atomic E-state index is 13.1. The maximum Gasteiger partial charge on any atom is 0.306 e. The van der Waals surface area contributed by atoms with Crippen molar-refractivity contribution in [1.29, 1.82) is 0 Å². The van der Waals surface area contributed by atoms with Crippen LogP contribution in [0.15, 0.2) is 36.5 Å². The van der Waals surface area contributed by atoms with E-state index in [-0.39, 0.29) is 24.9 Å². The first kappa shape index (κ1) is 54.1. The molecule has 0 bridgehead atoms. The fourth-order valence-corrected chi connectivity index (χ4v) is 7.37. The highest BCUT2D eigenvalue weighted by atomic mass is 16.5. The number of ether oxygens (including phenoxy) is 1. The lowest BCUT2D eigenvalue weighted by molar-refractivity contribution is -0.151. The van der Waals surface area contributed by atoms with Crippen molar-refractivity contribution in [2.75, 3.05) is 6.61 Å². The average molecular weight is 788 g/mol. The number of allylic oxidation sites excluding steroid dienone is 6. The highest BCUT2D eigenvalue weighted by molar-refractivity contribution is 5.77. The minimum atomic E-state index is -0.789. The predicted octanol–water partition coefficient (Wildman–Crippen LogP) is 14.1. The fourth-order valence-electron chi connectivity index (χ4n) is 7.37. The number of carbonyl (C=O) groups excluding carboxylic acids is 2. The van der Waals surface area contributed by atoms with Crippen molar-refractivity contribution in [2.45, 2.75) is 264 Å². The van der Waals surface area contributed by atoms with E-state index < -0.39 is 18.2 Å². The molecule has 3 N–H and O–H groups in total. The second-order valence-electron chi connectivity index (χ2n) is 16.6. The van der Waals surface area contributed by atoms with Crippen LogP contribution < -0.4 is 5.32 Å². The van der Waals surface area contributed by atoms with Crippen LogP contribution in [-0.4, -0.2) is 46.9 Å². The summed E-state index contributed by atoms with van der Waals surface area (Å²) in [4.78, 5) is 26.0. The van der Waals surface area contributed by atoms with E-state index in [4.69, 9.17) is 4.74 Å². The van der Waals surface area contributed by atoms with E-state index in [9.17, 15) is 19.8 Å². The van der Waals surface area contributed by atoms with Crippen molar-refractivity contribution in [2.24, 2.45) is 0 Å². The second kappa shape index (κ2) is 44.2. The Hall–Kier alpha value is -1.92. The molecule has 6 heteroatoms. The predicted molar refractivity (Wildman–Crippen MR) is 241 cm³/mol. The lowest BCUT2D eigenvalue weighted by Crippen LogP contribution is -2.46. The summed E-state index contributed by atoms with van der Waals surface area (Å²) in [5.41, 5.74) is 0. The molecule has 0 radical (unpaired) electrons. The third kappa shape index (κ3) is 38.9. The van der Waals surface area contributed by atoms with Gasteiger partial charge in [-0.2, -0.15) is 0 Å². The number of carbonyl (C=O) groups is 2. The first-order valence-electron chi connectivity index (χ1n) is 24.2. The zero-order chi connectivity index (χ0) is 41.0. The number of aliphatic hydroxyl groups is 2. The second-order valence-corrected chi connectivity index (χ2v) is 16.6. The van der Waals surface area contributed by atoms with Gasteiger partial charge in [-0.3, -0.25) is 9.59 Å². The van der Waals surface area contributed by atoms with E-state index in [1.54, 1.807) is 0 Å². The Morgan fingerprint density at radius 3 is 1.45 bits per heavy atom. The topological polar surface area (TPSA) is 95.9 Å². The van der Waals surface area contributed by atoms with Gasteiger partial charge in [0.2, 0.25) is 5.91 Å². The van der Waals surface area contributed by atoms with E-state index in [0.29, 0.717) is 19.3 Å². The molecule has 0 aromatic rings. The third-order valence-electron chi connectivity index (χ3n) is 11.0. The van der Waals surface area contributed by atoms with Gasteiger partial charge in [-0.25, -0.2) is 0 Å². The summed E-state index contributed by atoms with van der Waals surface area (Å²) in [5, 5.41) is 23.6. The molecule has 328 valence electrons. The molecular weight excluding hydrogens is 695 g/mol. The number of esters is 1. The minimum Gasteiger partial charge on any atom is -0.462 e. The van der Waals surface area contributed by atoms with Crippen molar-refractivity contribution in [3.63, 3.8) is 0 Å². The molecule has 0 saturated heterocycles. The van der Waals surface area contributed by atoms with Crippen molar-refractivity contribution in [1.82, 2.24) is 5.32 Å². The summed E-state index contributed by atoms with van der Waals surface area (Å²) >= 11 is 0. The Morgan fingerprint density at radius 2 is 0.964 bits per heavy atom. The van der Waals surface area contributed by atoms with Crippen LogP contribution in [0.2, 0.25) is 0 Å². The largest absolute Gasteiger partial charge is 0.462 e. The van der Waals surface area contributed by atoms with Gasteiger partial charge in [0.1, 0.15) is 6.10 Å². The van der Waals surface area contributed by atoms with Crippen LogP contribution in [0.4, 0.5) is 0 Å². The van der Waals surface area contributed by atoms with Gasteiger partial charge in [0.15, 0.2) is 0 Å². The molecule has 0 aliphatic rings. The number of nitrogens with one attached hydrogen (secondary N) is 1. The number of rotatable bonds is 43. The lowest BCUT2D eigenvalue weighted by Gasteiger charge is -2.24. The first-order chi connectivity index (χ1) is 27.5. The zero-order valence-electron chi connectivity index (χ0n) is 37.3. The van der Waals surface area contributed by atoms with Gasteiger partial charge in [-0.15, -0.1) is 0 Å². The maximum atomic E-state index is 13.1. The van der Waals surface area contributed by atoms with Gasteiger partial charge in [-0.05, 0) is 44.9 Å². The molecule has 0 saturated carbocycles. The van der Waals surface area contributed by atoms with Gasteiger partial charge in [0.25, 0.3) is 0 Å². The number of unbranched alkanes of at least 4 members (excludes halogenated alkanes) is 27. The normalized spacial score (nSPS) is 13.6. The lowest BCUT2D eigenvalue weighted by atomic mass is 10.0. The summed E-state index contributed by atoms with van der Waals surface area (Å²) in [6.07, 6.45) is 50.6. The highest BCUT2D eigenvalue weighted by Crippen LogP contribution is 2.18. The summed E-state index contributed by atoms with van der Waals surface area (Å²) in [6, 6.07) is -0.703. The number of amides is 1. The van der Waals surface area contributed by atoms with Crippen LogP contribution in [0.5, 0.6) is 0 Å². The molecule has 0 aliphatic carbocycles. The fraction of sp³-hybridized carbons (Fsp3) is 0.840. The van der Waals surface area contributed by atoms with Gasteiger partial charge in [0, 0.05) is 6.42 Å². The molecule has 0 aromatic carbocycles. The van der Waals surface area contributed by atoms with Crippen LogP contribution in [0.25, 0.3) is 0 Å². The number of hydrogen-bond donors (Lipinski definition) is 3. The van der Waals surface area contributed by atoms with Crippen molar-refractivity contribution < 1.29 is 24.5 Å². The highest BCUT2D eigenvalue weighted by Gasteiger charge is 2.24. The monoisotopic (exact) mass is 788 g/mol. The van der Waals surface area contributed by atoms with E-state index >= 15 is 0 Å². The molecule has 0 fully saturated rings. The quantitative estimate of drug-likeness (QED) is 0.0325. The zero-order valence-corrected chi connectivity index (χ0v) is 37.3. The molecule has 3 atom stereocenters. The summed E-state index contributed by atoms with van der Waals surface area (Å²) < 4.78 is 5.91. The molecule has 1 amide bonds. The van der Waals surface area contributed by atoms with E-state index in [2.05, 4.69) is 62.5 Å². The summed E-state index contributed by atoms with van der Waals surface area (Å²) in [5.74, 6) is -0.487. The third-order valence-corrected chi connectivity index (χ3v) is 11.0. The molecule has 0 aliphatic heterocycles. The Balaban J connectivity index is 4.58. The van der Waals surface area contributed by atoms with Crippen LogP contribution in [-0.2, 0) is 14.3 Å². The minimum absolute atomic E-state index is 0.0671. The number of aliphatic hydroxyl groups excluding tert-OH is 2. The van der Waals surface area contributed by atoms with Crippen molar-refractivity contribution >= 4 is 11.9 Å². The van der Waals surface area contributed by atoms with Crippen molar-refractivity contribution in [3.8, 4) is 0 Å². The summed E-state index contributed by atoms with van der Waals surface area (Å²) in [6.45, 7) is 6.33. The van der Waals surface area contributed by atoms with E-state index in [0.717, 1.165) is 83.5 Å². The summed E-state index contributed by atoms with van der Waals surface area (Å²) in [7, 11) is 0. The SMILES string of the molecule is CC/C=C/C=C/C=C/CCCCCCCC(CC(=O)NC(CO)C(O)CCCCCCCCCCC)OC(=O)CCCCCCCCCCCCCCCCC. The molecule has 56 heavy (non-hydrogen) atoms. The molecule has 0 heterocycles. The van der Waals surface area contributed by atoms with E-state index in [1.807, 2.05) is 0 Å². The van der Waals surface area contributed by atoms with Crippen LogP contribution in [0.1, 0.15) is 245 Å². The van der Waals surface area contributed by atoms with Gasteiger partial charge >= 0.3 is 5.97 Å². The van der Waals surface area contributed by atoms with Gasteiger partial charge < -0.3 is 20.3 Å². The average Bonchev–Trinajstić information content (AvgIpc) is 3.19. The smallest absolute Gasteiger partial charge is 0.306 e. The van der Waals surface area contributed by atoms with Gasteiger partial charge in [0.05, 0.1) is 25.2 Å². The Kier molecular flexibility index (Phi) is 42.7. The molecule has 3 unspecified atom stereocenters. The first-order valence-corrected chi connectivity index (χ1v) is 24.2. The molecule has 0 rings (SSSR count). The van der Waals surface area contributed by atoms with E-state index in [1.165, 1.54) is 116 Å². The standard InChI is InChI=1S/C50H93NO5/c1-4-7-10-13-16-19-21-23-24-26-28-31-34-37-40-43-50(55)56-46(41-38-35-32-30-27-25-22-20-17-14-11-8-5-2)44-49(54)51-47(45-52)48(53)42-39-36-33-29-18-15-12-9-6-3/h8,11,14,17,20,22,46-48,52-53H,4-7,9-10,12-13,15-16,18-19,21,23-45H2,1-3H3,(H,51,54)/b11-8+,17-14+,22-20+. The molecule has 0 spiro atoms. The Morgan fingerprint density at radius 1 is 0.536 bits per heavy atom. The number of hydrogen-bond acceptors (Lipinski definition) is 5. The molecule has 0 aromatic heterocycles. The van der Waals surface area contributed by atoms with Crippen LogP contribution in [0.3, 0.4) is 0 Å². The molecular formula is C50H93NO5. The Labute approximate surface area is 347 Å². The van der Waals surface area contributed by atoms with Crippen LogP contribution in [0, 0.1) is 0 Å².